The summed E-state index contributed by atoms with van der Waals surface area (Å²) in [6.45, 7) is 3.56. The van der Waals surface area contributed by atoms with Crippen molar-refractivity contribution in [3.8, 4) is 0 Å². The van der Waals surface area contributed by atoms with Gasteiger partial charge >= 0.3 is 6.18 Å². The molecule has 0 saturated carbocycles. The second-order valence-corrected chi connectivity index (χ2v) is 7.46. The Labute approximate surface area is 124 Å². The molecule has 3 nitrogen and oxygen atoms in total. The molecule has 0 bridgehead atoms. The van der Waals surface area contributed by atoms with Gasteiger partial charge in [0.1, 0.15) is 9.09 Å². The number of sulfonamides is 1. The molecule has 1 N–H and O–H groups in total. The van der Waals surface area contributed by atoms with Gasteiger partial charge in [0.2, 0.25) is 0 Å². The van der Waals surface area contributed by atoms with E-state index >= 15 is 0 Å². The molecule has 0 atom stereocenters. The zero-order chi connectivity index (χ0) is 15.8. The summed E-state index contributed by atoms with van der Waals surface area (Å²) in [5, 5.41) is 0. The summed E-state index contributed by atoms with van der Waals surface area (Å²) in [5.74, 6) is 0. The summed E-state index contributed by atoms with van der Waals surface area (Å²) >= 11 is 0.201. The van der Waals surface area contributed by atoms with Crippen molar-refractivity contribution in [1.29, 1.82) is 0 Å². The summed E-state index contributed by atoms with van der Waals surface area (Å²) in [7, 11) is -4.02. The SMILES string of the molecule is Cc1cccc(NS(=O)(=O)c2ccc(C(F)(F)F)s2)c1C. The summed E-state index contributed by atoms with van der Waals surface area (Å²) in [4.78, 5) is -0.941. The fourth-order valence-corrected chi connectivity index (χ4v) is 3.97. The van der Waals surface area contributed by atoms with Crippen LogP contribution in [0.4, 0.5) is 18.9 Å². The molecule has 114 valence electrons. The lowest BCUT2D eigenvalue weighted by Gasteiger charge is -2.11. The van der Waals surface area contributed by atoms with Crippen LogP contribution >= 0.6 is 11.3 Å². The molecule has 0 fully saturated rings. The molecule has 1 heterocycles. The third-order valence-corrected chi connectivity index (χ3v) is 5.96. The number of nitrogens with one attached hydrogen (secondary N) is 1. The Morgan fingerprint density at radius 2 is 1.76 bits per heavy atom. The zero-order valence-electron chi connectivity index (χ0n) is 11.2. The minimum Gasteiger partial charge on any atom is -0.279 e. The van der Waals surface area contributed by atoms with Crippen molar-refractivity contribution in [2.45, 2.75) is 24.2 Å². The minimum atomic E-state index is -4.54. The van der Waals surface area contributed by atoms with Crippen molar-refractivity contribution in [2.75, 3.05) is 4.72 Å². The van der Waals surface area contributed by atoms with E-state index in [9.17, 15) is 21.6 Å². The predicted molar refractivity (Wildman–Crippen MR) is 76.0 cm³/mol. The van der Waals surface area contributed by atoms with E-state index in [2.05, 4.69) is 4.72 Å². The average molecular weight is 335 g/mol. The molecule has 2 aromatic rings. The smallest absolute Gasteiger partial charge is 0.279 e. The maximum atomic E-state index is 12.5. The summed E-state index contributed by atoms with van der Waals surface area (Å²) < 4.78 is 63.8. The fraction of sp³-hybridized carbons (Fsp3) is 0.231. The van der Waals surface area contributed by atoms with Crippen LogP contribution in [0.15, 0.2) is 34.5 Å². The van der Waals surface area contributed by atoms with Gasteiger partial charge in [-0.25, -0.2) is 8.42 Å². The fourth-order valence-electron chi connectivity index (χ4n) is 1.67. The lowest BCUT2D eigenvalue weighted by molar-refractivity contribution is -0.134. The predicted octanol–water partition coefficient (Wildman–Crippen LogP) is 4.18. The van der Waals surface area contributed by atoms with Crippen LogP contribution in [0.25, 0.3) is 0 Å². The van der Waals surface area contributed by atoms with E-state index in [4.69, 9.17) is 0 Å². The monoisotopic (exact) mass is 335 g/mol. The highest BCUT2D eigenvalue weighted by molar-refractivity contribution is 7.94. The van der Waals surface area contributed by atoms with Gasteiger partial charge in [0.25, 0.3) is 10.0 Å². The molecule has 0 aliphatic rings. The van der Waals surface area contributed by atoms with Gasteiger partial charge in [-0.2, -0.15) is 13.2 Å². The molecule has 0 unspecified atom stereocenters. The van der Waals surface area contributed by atoms with Crippen molar-refractivity contribution in [3.05, 3.63) is 46.3 Å². The van der Waals surface area contributed by atoms with Crippen LogP contribution in [-0.4, -0.2) is 8.42 Å². The van der Waals surface area contributed by atoms with Crippen LogP contribution in [-0.2, 0) is 16.2 Å². The first-order valence-corrected chi connectivity index (χ1v) is 8.17. The molecule has 1 aromatic carbocycles. The zero-order valence-corrected chi connectivity index (χ0v) is 12.8. The standard InChI is InChI=1S/C13H12F3NO2S2/c1-8-4-3-5-10(9(8)2)17-21(18,19)12-7-6-11(20-12)13(14,15)16/h3-7,17H,1-2H3. The van der Waals surface area contributed by atoms with Crippen LogP contribution in [0.5, 0.6) is 0 Å². The molecule has 8 heteroatoms. The van der Waals surface area contributed by atoms with Gasteiger partial charge in [-0.1, -0.05) is 12.1 Å². The van der Waals surface area contributed by atoms with E-state index in [0.717, 1.165) is 23.3 Å². The molecule has 2 rings (SSSR count). The van der Waals surface area contributed by atoms with Gasteiger partial charge in [-0.3, -0.25) is 4.72 Å². The third-order valence-electron chi connectivity index (χ3n) is 2.97. The Bertz CT molecular complexity index is 764. The minimum absolute atomic E-state index is 0.201. The van der Waals surface area contributed by atoms with Gasteiger partial charge in [-0.05, 0) is 43.2 Å². The van der Waals surface area contributed by atoms with Gasteiger partial charge in [0, 0.05) is 0 Å². The Balaban J connectivity index is 2.35. The second kappa shape index (κ2) is 5.34. The number of thiophene rings is 1. The van der Waals surface area contributed by atoms with Crippen molar-refractivity contribution < 1.29 is 21.6 Å². The molecule has 21 heavy (non-hydrogen) atoms. The topological polar surface area (TPSA) is 46.2 Å². The first-order chi connectivity index (χ1) is 9.61. The molecule has 0 amide bonds. The Morgan fingerprint density at radius 3 is 2.33 bits per heavy atom. The number of alkyl halides is 3. The average Bonchev–Trinajstić information content (AvgIpc) is 2.85. The van der Waals surface area contributed by atoms with E-state index in [1.807, 2.05) is 13.0 Å². The third kappa shape index (κ3) is 3.38. The Hall–Kier alpha value is -1.54. The molecule has 0 saturated heterocycles. The largest absolute Gasteiger partial charge is 0.425 e. The van der Waals surface area contributed by atoms with Crippen molar-refractivity contribution >= 4 is 27.0 Å². The van der Waals surface area contributed by atoms with E-state index in [1.54, 1.807) is 19.1 Å². The van der Waals surface area contributed by atoms with Crippen LogP contribution in [0.2, 0.25) is 0 Å². The first kappa shape index (κ1) is 15.8. The van der Waals surface area contributed by atoms with Gasteiger partial charge in [0.15, 0.2) is 0 Å². The van der Waals surface area contributed by atoms with Gasteiger partial charge in [-0.15, -0.1) is 11.3 Å². The molecular weight excluding hydrogens is 323 g/mol. The van der Waals surface area contributed by atoms with Crippen LogP contribution < -0.4 is 4.72 Å². The van der Waals surface area contributed by atoms with Crippen LogP contribution in [0.1, 0.15) is 16.0 Å². The molecule has 0 aliphatic carbocycles. The van der Waals surface area contributed by atoms with Crippen molar-refractivity contribution in [1.82, 2.24) is 0 Å². The maximum Gasteiger partial charge on any atom is 0.425 e. The number of benzene rings is 1. The highest BCUT2D eigenvalue weighted by atomic mass is 32.2. The van der Waals surface area contributed by atoms with Crippen LogP contribution in [0.3, 0.4) is 0 Å². The van der Waals surface area contributed by atoms with Crippen LogP contribution in [0, 0.1) is 13.8 Å². The van der Waals surface area contributed by atoms with E-state index in [0.29, 0.717) is 5.69 Å². The lowest BCUT2D eigenvalue weighted by Crippen LogP contribution is -2.12. The molecule has 1 aromatic heterocycles. The Kier molecular flexibility index (Phi) is 4.03. The van der Waals surface area contributed by atoms with Gasteiger partial charge < -0.3 is 0 Å². The normalized spacial score (nSPS) is 12.4. The van der Waals surface area contributed by atoms with Gasteiger partial charge in [0.05, 0.1) is 5.69 Å². The highest BCUT2D eigenvalue weighted by Crippen LogP contribution is 2.36. The second-order valence-electron chi connectivity index (χ2n) is 4.47. The number of hydrogen-bond acceptors (Lipinski definition) is 3. The number of halogens is 3. The number of anilines is 1. The van der Waals surface area contributed by atoms with Crippen molar-refractivity contribution in [3.63, 3.8) is 0 Å². The molecule has 0 radical (unpaired) electrons. The first-order valence-electron chi connectivity index (χ1n) is 5.87. The Morgan fingerprint density at radius 1 is 1.10 bits per heavy atom. The highest BCUT2D eigenvalue weighted by Gasteiger charge is 2.34. The maximum absolute atomic E-state index is 12.5. The summed E-state index contributed by atoms with van der Waals surface area (Å²) in [5.41, 5.74) is 1.97. The number of aryl methyl sites for hydroxylation is 1. The molecular formula is C13H12F3NO2S2. The van der Waals surface area contributed by atoms with E-state index < -0.39 is 21.1 Å². The molecule has 0 aliphatic heterocycles. The quantitative estimate of drug-likeness (QED) is 0.914. The molecule has 0 spiro atoms. The van der Waals surface area contributed by atoms with E-state index in [-0.39, 0.29) is 15.5 Å². The number of rotatable bonds is 3. The summed E-state index contributed by atoms with van der Waals surface area (Å²) in [6.07, 6.45) is -4.54. The van der Waals surface area contributed by atoms with Crippen molar-refractivity contribution in [2.24, 2.45) is 0 Å². The summed E-state index contributed by atoms with van der Waals surface area (Å²) in [6, 6.07) is 6.79. The van der Waals surface area contributed by atoms with E-state index in [1.165, 1.54) is 0 Å². The lowest BCUT2D eigenvalue weighted by atomic mass is 10.1. The number of hydrogen-bond donors (Lipinski definition) is 1.